The van der Waals surface area contributed by atoms with Gasteiger partial charge in [-0.25, -0.2) is 0 Å². The van der Waals surface area contributed by atoms with Gasteiger partial charge in [0.1, 0.15) is 0 Å². The Hall–Kier alpha value is -2.73. The maximum absolute atomic E-state index is 12.5. The van der Waals surface area contributed by atoms with E-state index in [0.717, 1.165) is 31.9 Å². The number of nitrogens with zero attached hydrogens (tertiary/aromatic N) is 3. The minimum absolute atomic E-state index is 0.0326. The monoisotopic (exact) mass is 338 g/mol. The first-order chi connectivity index (χ1) is 12.0. The molecule has 1 fully saturated rings. The molecule has 2 aromatic rings. The molecule has 0 atom stereocenters. The summed E-state index contributed by atoms with van der Waals surface area (Å²) in [6, 6.07) is 8.79. The van der Waals surface area contributed by atoms with Crippen LogP contribution in [0.2, 0.25) is 0 Å². The molecule has 1 amide bonds. The van der Waals surface area contributed by atoms with Crippen LogP contribution in [-0.4, -0.2) is 54.8 Å². The Bertz CT molecular complexity index is 782. The third-order valence-corrected chi connectivity index (χ3v) is 4.38. The van der Waals surface area contributed by atoms with E-state index >= 15 is 0 Å². The van der Waals surface area contributed by atoms with Gasteiger partial charge in [-0.05, 0) is 32.2 Å². The number of likely N-dealkylation sites (N-methyl/N-ethyl adjacent to an activating group) is 1. The molecule has 130 valence electrons. The van der Waals surface area contributed by atoms with Crippen LogP contribution in [0.3, 0.4) is 0 Å². The fraction of sp³-hybridized carbons (Fsp3) is 0.316. The number of benzene rings is 1. The van der Waals surface area contributed by atoms with Crippen LogP contribution in [0.1, 0.15) is 27.6 Å². The van der Waals surface area contributed by atoms with E-state index in [2.05, 4.69) is 27.1 Å². The third kappa shape index (κ3) is 4.22. The quantitative estimate of drug-likeness (QED) is 0.867. The van der Waals surface area contributed by atoms with E-state index in [9.17, 15) is 9.59 Å². The van der Waals surface area contributed by atoms with Crippen molar-refractivity contribution in [2.45, 2.75) is 6.92 Å². The second kappa shape index (κ2) is 7.44. The van der Waals surface area contributed by atoms with Crippen molar-refractivity contribution >= 4 is 23.1 Å². The minimum atomic E-state index is -0.232. The number of carbonyl (C=O) groups excluding carboxylic acids is 2. The van der Waals surface area contributed by atoms with Gasteiger partial charge < -0.3 is 15.1 Å². The zero-order valence-corrected chi connectivity index (χ0v) is 14.5. The summed E-state index contributed by atoms with van der Waals surface area (Å²) in [6.07, 6.45) is 3.35. The van der Waals surface area contributed by atoms with E-state index in [1.807, 2.05) is 6.07 Å². The van der Waals surface area contributed by atoms with Crippen molar-refractivity contribution in [3.05, 3.63) is 53.9 Å². The molecule has 0 bridgehead atoms. The first-order valence-electron chi connectivity index (χ1n) is 8.34. The number of carbonyl (C=O) groups is 2. The van der Waals surface area contributed by atoms with Crippen LogP contribution in [0.15, 0.2) is 42.7 Å². The number of pyridine rings is 1. The van der Waals surface area contributed by atoms with E-state index in [1.165, 1.54) is 6.92 Å². The molecule has 25 heavy (non-hydrogen) atoms. The normalized spacial score (nSPS) is 15.0. The molecule has 0 saturated carbocycles. The van der Waals surface area contributed by atoms with Gasteiger partial charge in [0.15, 0.2) is 5.78 Å². The van der Waals surface area contributed by atoms with Crippen LogP contribution in [0.4, 0.5) is 11.4 Å². The van der Waals surface area contributed by atoms with Crippen molar-refractivity contribution in [2.24, 2.45) is 0 Å². The van der Waals surface area contributed by atoms with Gasteiger partial charge >= 0.3 is 0 Å². The Labute approximate surface area is 147 Å². The van der Waals surface area contributed by atoms with Gasteiger partial charge in [0.2, 0.25) is 0 Å². The topological polar surface area (TPSA) is 65.5 Å². The van der Waals surface area contributed by atoms with Crippen LogP contribution in [0.25, 0.3) is 0 Å². The summed E-state index contributed by atoms with van der Waals surface area (Å²) < 4.78 is 0. The summed E-state index contributed by atoms with van der Waals surface area (Å²) in [7, 11) is 2.11. The summed E-state index contributed by atoms with van der Waals surface area (Å²) in [5, 5.41) is 2.83. The van der Waals surface area contributed by atoms with E-state index in [1.54, 1.807) is 36.7 Å². The van der Waals surface area contributed by atoms with Gasteiger partial charge in [-0.3, -0.25) is 14.6 Å². The maximum atomic E-state index is 12.5. The van der Waals surface area contributed by atoms with Gasteiger partial charge in [0.25, 0.3) is 5.91 Å². The number of hydrogen-bond acceptors (Lipinski definition) is 5. The molecule has 1 aliphatic heterocycles. The lowest BCUT2D eigenvalue weighted by Crippen LogP contribution is -2.44. The fourth-order valence-electron chi connectivity index (χ4n) is 2.81. The predicted octanol–water partition coefficient (Wildman–Crippen LogP) is 2.29. The Balaban J connectivity index is 1.73. The number of anilines is 2. The molecule has 1 aromatic carbocycles. The molecule has 1 aliphatic rings. The van der Waals surface area contributed by atoms with Gasteiger partial charge in [-0.2, -0.15) is 0 Å². The molecule has 6 heteroatoms. The number of aromatic nitrogens is 1. The highest BCUT2D eigenvalue weighted by Crippen LogP contribution is 2.18. The maximum Gasteiger partial charge on any atom is 0.257 e. The lowest BCUT2D eigenvalue weighted by Gasteiger charge is -2.33. The Morgan fingerprint density at radius 2 is 1.80 bits per heavy atom. The highest BCUT2D eigenvalue weighted by Gasteiger charge is 2.16. The molecular weight excluding hydrogens is 316 g/mol. The molecule has 0 radical (unpaired) electrons. The first-order valence-corrected chi connectivity index (χ1v) is 8.34. The average molecular weight is 338 g/mol. The molecule has 1 aromatic heterocycles. The summed E-state index contributed by atoms with van der Waals surface area (Å²) in [4.78, 5) is 32.7. The molecule has 1 saturated heterocycles. The number of Topliss-reactive ketones (excluding diaryl/α,β-unsaturated/α-hetero) is 1. The average Bonchev–Trinajstić information content (AvgIpc) is 2.62. The Morgan fingerprint density at radius 3 is 2.52 bits per heavy atom. The van der Waals surface area contributed by atoms with E-state index in [4.69, 9.17) is 0 Å². The van der Waals surface area contributed by atoms with E-state index in [-0.39, 0.29) is 11.7 Å². The van der Waals surface area contributed by atoms with E-state index in [0.29, 0.717) is 16.8 Å². The van der Waals surface area contributed by atoms with Crippen LogP contribution in [0, 0.1) is 0 Å². The number of nitrogens with one attached hydrogen (secondary N) is 1. The van der Waals surface area contributed by atoms with Crippen molar-refractivity contribution in [3.8, 4) is 0 Å². The molecular formula is C19H22N4O2. The van der Waals surface area contributed by atoms with Gasteiger partial charge in [0, 0.05) is 43.6 Å². The number of ketones is 1. The predicted molar refractivity (Wildman–Crippen MR) is 98.3 cm³/mol. The minimum Gasteiger partial charge on any atom is -0.368 e. The van der Waals surface area contributed by atoms with Crippen molar-refractivity contribution < 1.29 is 9.59 Å². The second-order valence-electron chi connectivity index (χ2n) is 6.31. The standard InChI is InChI=1S/C19H22N4O2/c1-14(24)15-4-3-5-17(10-15)21-19(25)16-11-18(13-20-12-16)23-8-6-22(2)7-9-23/h3-5,10-13H,6-9H2,1-2H3,(H,21,25). The van der Waals surface area contributed by atoms with Crippen LogP contribution < -0.4 is 10.2 Å². The molecule has 3 rings (SSSR count). The largest absolute Gasteiger partial charge is 0.368 e. The SMILES string of the molecule is CC(=O)c1cccc(NC(=O)c2cncc(N3CCN(C)CC3)c2)c1. The lowest BCUT2D eigenvalue weighted by molar-refractivity contribution is 0.101. The first kappa shape index (κ1) is 17.1. The van der Waals surface area contributed by atoms with Gasteiger partial charge in [0.05, 0.1) is 17.4 Å². The van der Waals surface area contributed by atoms with Gasteiger partial charge in [-0.1, -0.05) is 12.1 Å². The van der Waals surface area contributed by atoms with Crippen LogP contribution in [0.5, 0.6) is 0 Å². The highest BCUT2D eigenvalue weighted by atomic mass is 16.1. The molecule has 2 heterocycles. The van der Waals surface area contributed by atoms with Crippen molar-refractivity contribution in [2.75, 3.05) is 43.4 Å². The van der Waals surface area contributed by atoms with Crippen molar-refractivity contribution in [1.29, 1.82) is 0 Å². The molecule has 0 spiro atoms. The number of rotatable bonds is 4. The number of hydrogen-bond donors (Lipinski definition) is 1. The van der Waals surface area contributed by atoms with Crippen LogP contribution >= 0.6 is 0 Å². The second-order valence-corrected chi connectivity index (χ2v) is 6.31. The summed E-state index contributed by atoms with van der Waals surface area (Å²) >= 11 is 0. The summed E-state index contributed by atoms with van der Waals surface area (Å²) in [5.41, 5.74) is 2.63. The number of amides is 1. The summed E-state index contributed by atoms with van der Waals surface area (Å²) in [5.74, 6) is -0.265. The number of piperazine rings is 1. The molecule has 6 nitrogen and oxygen atoms in total. The van der Waals surface area contributed by atoms with Crippen molar-refractivity contribution in [1.82, 2.24) is 9.88 Å². The third-order valence-electron chi connectivity index (χ3n) is 4.38. The molecule has 0 aliphatic carbocycles. The summed E-state index contributed by atoms with van der Waals surface area (Å²) in [6.45, 7) is 5.33. The van der Waals surface area contributed by atoms with Crippen LogP contribution in [-0.2, 0) is 0 Å². The Kier molecular flexibility index (Phi) is 5.09. The van der Waals surface area contributed by atoms with E-state index < -0.39 is 0 Å². The Morgan fingerprint density at radius 1 is 1.04 bits per heavy atom. The van der Waals surface area contributed by atoms with Gasteiger partial charge in [-0.15, -0.1) is 0 Å². The highest BCUT2D eigenvalue weighted by molar-refractivity contribution is 6.05. The van der Waals surface area contributed by atoms with Crippen molar-refractivity contribution in [3.63, 3.8) is 0 Å². The molecule has 1 N–H and O–H groups in total. The fourth-order valence-corrected chi connectivity index (χ4v) is 2.81. The smallest absolute Gasteiger partial charge is 0.257 e. The molecule has 0 unspecified atom stereocenters. The zero-order chi connectivity index (χ0) is 17.8. The lowest BCUT2D eigenvalue weighted by atomic mass is 10.1. The zero-order valence-electron chi connectivity index (χ0n) is 14.5.